The minimum absolute atomic E-state index is 0.236. The van der Waals surface area contributed by atoms with Crippen LogP contribution in [0.4, 0.5) is 0 Å². The van der Waals surface area contributed by atoms with Crippen molar-refractivity contribution in [3.63, 3.8) is 0 Å². The first kappa shape index (κ1) is 7.33. The topological polar surface area (TPSA) is 18.5 Å². The van der Waals surface area contributed by atoms with Crippen LogP contribution in [-0.4, -0.2) is 6.79 Å². The van der Waals surface area contributed by atoms with Gasteiger partial charge < -0.3 is 9.47 Å². The van der Waals surface area contributed by atoms with E-state index in [-0.39, 0.29) is 6.79 Å². The monoisotopic (exact) mass is 180 g/mol. The molecule has 0 aromatic heterocycles. The molecule has 0 fully saturated rings. The van der Waals surface area contributed by atoms with E-state index in [1.165, 1.54) is 0 Å². The zero-order valence-corrected chi connectivity index (χ0v) is 6.89. The van der Waals surface area contributed by atoms with Crippen molar-refractivity contribution in [1.82, 2.24) is 0 Å². The highest BCUT2D eigenvalue weighted by Crippen LogP contribution is 2.36. The fourth-order valence-electron chi connectivity index (χ4n) is 1.03. The lowest BCUT2D eigenvalue weighted by Gasteiger charge is -1.98. The maximum Gasteiger partial charge on any atom is 0.231 e. The second-order valence-electron chi connectivity index (χ2n) is 2.33. The summed E-state index contributed by atoms with van der Waals surface area (Å²) in [5, 5.41) is 0.516. The first-order chi connectivity index (χ1) is 5.81. The summed E-state index contributed by atoms with van der Waals surface area (Å²) in [6, 6.07) is 3.36. The number of rotatable bonds is 0. The SMILES string of the molecule is C#Cc1cc2c(cc1Cl)OCO2. The molecule has 2 rings (SSSR count). The van der Waals surface area contributed by atoms with E-state index < -0.39 is 0 Å². The Kier molecular flexibility index (Phi) is 1.60. The summed E-state index contributed by atoms with van der Waals surface area (Å²) in [6.45, 7) is 0.236. The van der Waals surface area contributed by atoms with Gasteiger partial charge in [0.25, 0.3) is 0 Å². The predicted octanol–water partition coefficient (Wildman–Crippen LogP) is 2.05. The highest BCUT2D eigenvalue weighted by atomic mass is 35.5. The van der Waals surface area contributed by atoms with Crippen molar-refractivity contribution in [3.8, 4) is 23.8 Å². The number of fused-ring (bicyclic) bond motifs is 1. The average Bonchev–Trinajstić information content (AvgIpc) is 2.49. The highest BCUT2D eigenvalue weighted by molar-refractivity contribution is 6.32. The Labute approximate surface area is 75.0 Å². The normalized spacial score (nSPS) is 12.7. The molecule has 0 bridgehead atoms. The molecule has 2 nitrogen and oxygen atoms in total. The summed E-state index contributed by atoms with van der Waals surface area (Å²) in [7, 11) is 0. The van der Waals surface area contributed by atoms with E-state index in [1.807, 2.05) is 0 Å². The fraction of sp³-hybridized carbons (Fsp3) is 0.111. The Morgan fingerprint density at radius 1 is 1.33 bits per heavy atom. The fourth-order valence-corrected chi connectivity index (χ4v) is 1.24. The van der Waals surface area contributed by atoms with Crippen LogP contribution < -0.4 is 9.47 Å². The van der Waals surface area contributed by atoms with Crippen molar-refractivity contribution >= 4 is 11.6 Å². The van der Waals surface area contributed by atoms with Gasteiger partial charge in [-0.15, -0.1) is 6.42 Å². The first-order valence-corrected chi connectivity index (χ1v) is 3.75. The lowest BCUT2D eigenvalue weighted by molar-refractivity contribution is 0.174. The molecule has 0 unspecified atom stereocenters. The third kappa shape index (κ3) is 0.992. The Hall–Kier alpha value is -1.33. The van der Waals surface area contributed by atoms with E-state index in [2.05, 4.69) is 5.92 Å². The van der Waals surface area contributed by atoms with Gasteiger partial charge in [-0.3, -0.25) is 0 Å². The lowest BCUT2D eigenvalue weighted by Crippen LogP contribution is -1.92. The average molecular weight is 181 g/mol. The van der Waals surface area contributed by atoms with Crippen LogP contribution in [0.5, 0.6) is 11.5 Å². The van der Waals surface area contributed by atoms with Crippen LogP contribution in [0.1, 0.15) is 5.56 Å². The molecule has 60 valence electrons. The summed E-state index contributed by atoms with van der Waals surface area (Å²) >= 11 is 5.83. The maximum absolute atomic E-state index is 5.83. The van der Waals surface area contributed by atoms with Gasteiger partial charge in [0, 0.05) is 17.7 Å². The van der Waals surface area contributed by atoms with Crippen LogP contribution >= 0.6 is 11.6 Å². The summed E-state index contributed by atoms with van der Waals surface area (Å²) in [6.07, 6.45) is 5.21. The van der Waals surface area contributed by atoms with Crippen molar-refractivity contribution in [2.75, 3.05) is 6.79 Å². The van der Waals surface area contributed by atoms with E-state index in [0.717, 1.165) is 0 Å². The largest absolute Gasteiger partial charge is 0.454 e. The zero-order chi connectivity index (χ0) is 8.55. The van der Waals surface area contributed by atoms with E-state index in [1.54, 1.807) is 12.1 Å². The molecule has 1 aromatic carbocycles. The van der Waals surface area contributed by atoms with Crippen LogP contribution in [0.25, 0.3) is 0 Å². The van der Waals surface area contributed by atoms with Gasteiger partial charge in [0.1, 0.15) is 0 Å². The van der Waals surface area contributed by atoms with Crippen LogP contribution in [0.2, 0.25) is 5.02 Å². The van der Waals surface area contributed by atoms with E-state index in [0.29, 0.717) is 22.1 Å². The molecule has 0 saturated heterocycles. The molecular formula is C9H5ClO2. The second kappa shape index (κ2) is 2.62. The molecule has 1 heterocycles. The molecule has 0 aliphatic carbocycles. The van der Waals surface area contributed by atoms with Crippen LogP contribution in [0.15, 0.2) is 12.1 Å². The number of benzene rings is 1. The van der Waals surface area contributed by atoms with Gasteiger partial charge in [-0.25, -0.2) is 0 Å². The standard InChI is InChI=1S/C9H5ClO2/c1-2-6-3-8-9(4-7(6)10)12-5-11-8/h1,3-4H,5H2. The van der Waals surface area contributed by atoms with Gasteiger partial charge in [0.05, 0.1) is 5.02 Å². The van der Waals surface area contributed by atoms with E-state index in [4.69, 9.17) is 27.5 Å². The molecular weight excluding hydrogens is 176 g/mol. The van der Waals surface area contributed by atoms with Crippen molar-refractivity contribution < 1.29 is 9.47 Å². The van der Waals surface area contributed by atoms with Gasteiger partial charge >= 0.3 is 0 Å². The van der Waals surface area contributed by atoms with E-state index in [9.17, 15) is 0 Å². The molecule has 1 aliphatic rings. The number of hydrogen-bond acceptors (Lipinski definition) is 2. The quantitative estimate of drug-likeness (QED) is 0.569. The van der Waals surface area contributed by atoms with Gasteiger partial charge in [0.2, 0.25) is 6.79 Å². The lowest BCUT2D eigenvalue weighted by atomic mass is 10.2. The Bertz CT molecular complexity index is 365. The molecule has 0 spiro atoms. The minimum atomic E-state index is 0.236. The molecule has 0 saturated carbocycles. The molecule has 3 heteroatoms. The third-order valence-corrected chi connectivity index (χ3v) is 1.93. The van der Waals surface area contributed by atoms with Crippen molar-refractivity contribution in [1.29, 1.82) is 0 Å². The van der Waals surface area contributed by atoms with E-state index >= 15 is 0 Å². The van der Waals surface area contributed by atoms with Crippen LogP contribution in [-0.2, 0) is 0 Å². The molecule has 1 aromatic rings. The minimum Gasteiger partial charge on any atom is -0.454 e. The molecule has 0 radical (unpaired) electrons. The maximum atomic E-state index is 5.83. The molecule has 0 amide bonds. The molecule has 0 N–H and O–H groups in total. The van der Waals surface area contributed by atoms with Gasteiger partial charge in [-0.05, 0) is 0 Å². The molecule has 12 heavy (non-hydrogen) atoms. The van der Waals surface area contributed by atoms with Crippen molar-refractivity contribution in [2.45, 2.75) is 0 Å². The summed E-state index contributed by atoms with van der Waals surface area (Å²) in [5.41, 5.74) is 0.626. The smallest absolute Gasteiger partial charge is 0.231 e. The third-order valence-electron chi connectivity index (χ3n) is 1.62. The van der Waals surface area contributed by atoms with Gasteiger partial charge in [-0.2, -0.15) is 0 Å². The summed E-state index contributed by atoms with van der Waals surface area (Å²) in [5.74, 6) is 3.77. The number of halogens is 1. The Balaban J connectivity index is 2.59. The molecule has 1 aliphatic heterocycles. The van der Waals surface area contributed by atoms with Crippen molar-refractivity contribution in [3.05, 3.63) is 22.7 Å². The van der Waals surface area contributed by atoms with Crippen LogP contribution in [0.3, 0.4) is 0 Å². The number of hydrogen-bond donors (Lipinski definition) is 0. The zero-order valence-electron chi connectivity index (χ0n) is 6.13. The van der Waals surface area contributed by atoms with Crippen LogP contribution in [0, 0.1) is 12.3 Å². The Morgan fingerprint density at radius 2 is 2.00 bits per heavy atom. The second-order valence-corrected chi connectivity index (χ2v) is 2.74. The first-order valence-electron chi connectivity index (χ1n) is 3.37. The summed E-state index contributed by atoms with van der Waals surface area (Å²) in [4.78, 5) is 0. The van der Waals surface area contributed by atoms with Crippen molar-refractivity contribution in [2.24, 2.45) is 0 Å². The van der Waals surface area contributed by atoms with Gasteiger partial charge in [0.15, 0.2) is 11.5 Å². The summed E-state index contributed by atoms with van der Waals surface area (Å²) < 4.78 is 10.2. The predicted molar refractivity (Wildman–Crippen MR) is 45.5 cm³/mol. The number of ether oxygens (including phenoxy) is 2. The Morgan fingerprint density at radius 3 is 2.67 bits per heavy atom. The highest BCUT2D eigenvalue weighted by Gasteiger charge is 2.15. The number of terminal acetylenes is 1. The molecule has 0 atom stereocenters. The van der Waals surface area contributed by atoms with Gasteiger partial charge in [-0.1, -0.05) is 17.5 Å².